The van der Waals surface area contributed by atoms with Crippen molar-refractivity contribution >= 4 is 27.8 Å². The van der Waals surface area contributed by atoms with E-state index in [1.165, 1.54) is 33.0 Å². The van der Waals surface area contributed by atoms with E-state index in [0.717, 1.165) is 29.4 Å². The second-order valence-electron chi connectivity index (χ2n) is 8.56. The number of aliphatic carboxylic acids is 1. The number of nitrogens with one attached hydrogen (secondary N) is 2. The van der Waals surface area contributed by atoms with Crippen LogP contribution in [0.15, 0.2) is 73.1 Å². The summed E-state index contributed by atoms with van der Waals surface area (Å²) in [6.07, 6.45) is 6.13. The van der Waals surface area contributed by atoms with Crippen LogP contribution >= 0.6 is 0 Å². The van der Waals surface area contributed by atoms with Crippen LogP contribution in [0.25, 0.3) is 21.8 Å². The van der Waals surface area contributed by atoms with Gasteiger partial charge in [-0.05, 0) is 52.8 Å². The number of aromatic amines is 2. The molecule has 0 bridgehead atoms. The van der Waals surface area contributed by atoms with Gasteiger partial charge in [-0.15, -0.1) is 0 Å². The molecule has 0 fully saturated rings. The van der Waals surface area contributed by atoms with Gasteiger partial charge in [-0.2, -0.15) is 0 Å². The number of aromatic nitrogens is 2. The Hall–Kier alpha value is -3.99. The fourth-order valence-electron chi connectivity index (χ4n) is 5.00. The van der Waals surface area contributed by atoms with Gasteiger partial charge < -0.3 is 19.8 Å². The number of hydrogen-bond donors (Lipinski definition) is 3. The molecule has 0 amide bonds. The molecule has 0 saturated carbocycles. The standard InChI is InChI=1S/C29H28N2O3/c1-3-18-8-6-12-22-24(15-30-28(18)22)27(20-10-5-11-21(14-20)34-17-26(32)33)25-16-31-29-19(4-2)9-7-13-23(25)29/h5-16,27,30-31H,3-4,17H2,1-2H3,(H,32,33). The van der Waals surface area contributed by atoms with Crippen LogP contribution in [0.4, 0.5) is 0 Å². The number of benzene rings is 3. The van der Waals surface area contributed by atoms with Gasteiger partial charge in [-0.3, -0.25) is 0 Å². The van der Waals surface area contributed by atoms with Crippen molar-refractivity contribution in [3.63, 3.8) is 0 Å². The van der Waals surface area contributed by atoms with Crippen molar-refractivity contribution < 1.29 is 14.6 Å². The molecule has 0 unspecified atom stereocenters. The van der Waals surface area contributed by atoms with Crippen LogP contribution in [0.2, 0.25) is 0 Å². The lowest BCUT2D eigenvalue weighted by Crippen LogP contribution is -2.10. The van der Waals surface area contributed by atoms with E-state index >= 15 is 0 Å². The van der Waals surface area contributed by atoms with Crippen molar-refractivity contribution in [3.05, 3.63) is 101 Å². The fourth-order valence-corrected chi connectivity index (χ4v) is 5.00. The monoisotopic (exact) mass is 452 g/mol. The number of para-hydroxylation sites is 2. The topological polar surface area (TPSA) is 78.1 Å². The van der Waals surface area contributed by atoms with Crippen LogP contribution in [-0.4, -0.2) is 27.7 Å². The normalized spacial score (nSPS) is 11.5. The first-order valence-corrected chi connectivity index (χ1v) is 11.7. The molecule has 0 aliphatic heterocycles. The summed E-state index contributed by atoms with van der Waals surface area (Å²) in [5, 5.41) is 11.4. The molecule has 0 saturated heterocycles. The molecule has 5 aromatic rings. The summed E-state index contributed by atoms with van der Waals surface area (Å²) in [7, 11) is 0. The maximum absolute atomic E-state index is 11.0. The van der Waals surface area contributed by atoms with E-state index in [1.54, 1.807) is 6.07 Å². The minimum atomic E-state index is -0.991. The molecule has 5 nitrogen and oxygen atoms in total. The van der Waals surface area contributed by atoms with Crippen LogP contribution in [0, 0.1) is 0 Å². The third-order valence-electron chi connectivity index (χ3n) is 6.61. The lowest BCUT2D eigenvalue weighted by Gasteiger charge is -2.19. The first-order valence-electron chi connectivity index (χ1n) is 11.7. The van der Waals surface area contributed by atoms with Gasteiger partial charge in [0.2, 0.25) is 0 Å². The SMILES string of the molecule is CCc1cccc2c(C(c3cccc(OCC(=O)O)c3)c3c[nH]c4c(CC)cccc34)c[nH]c12. The second kappa shape index (κ2) is 9.10. The van der Waals surface area contributed by atoms with Gasteiger partial charge >= 0.3 is 5.97 Å². The average Bonchev–Trinajstić information content (AvgIpc) is 3.48. The van der Waals surface area contributed by atoms with Gasteiger partial charge in [0.1, 0.15) is 5.75 Å². The quantitative estimate of drug-likeness (QED) is 0.254. The number of fused-ring (bicyclic) bond motifs is 2. The molecule has 2 heterocycles. The van der Waals surface area contributed by atoms with Gasteiger partial charge in [0.05, 0.1) is 0 Å². The summed E-state index contributed by atoms with van der Waals surface area (Å²) in [6.45, 7) is 3.97. The van der Waals surface area contributed by atoms with Crippen LogP contribution in [0.1, 0.15) is 47.6 Å². The predicted octanol–water partition coefficient (Wildman–Crippen LogP) is 6.42. The van der Waals surface area contributed by atoms with E-state index in [4.69, 9.17) is 9.84 Å². The van der Waals surface area contributed by atoms with E-state index in [0.29, 0.717) is 5.75 Å². The number of carboxylic acids is 1. The Balaban J connectivity index is 1.73. The molecular formula is C29H28N2O3. The summed E-state index contributed by atoms with van der Waals surface area (Å²) >= 11 is 0. The first kappa shape index (κ1) is 21.8. The zero-order valence-corrected chi connectivity index (χ0v) is 19.4. The Morgan fingerprint density at radius 3 is 1.94 bits per heavy atom. The van der Waals surface area contributed by atoms with Crippen molar-refractivity contribution in [2.24, 2.45) is 0 Å². The van der Waals surface area contributed by atoms with Gasteiger partial charge in [-0.1, -0.05) is 62.4 Å². The van der Waals surface area contributed by atoms with Crippen LogP contribution in [0.5, 0.6) is 5.75 Å². The Kier molecular flexibility index (Phi) is 5.84. The molecule has 5 rings (SSSR count). The summed E-state index contributed by atoms with van der Waals surface area (Å²) < 4.78 is 5.53. The fraction of sp³-hybridized carbons (Fsp3) is 0.207. The number of carboxylic acid groups (broad SMARTS) is 1. The maximum Gasteiger partial charge on any atom is 0.341 e. The van der Waals surface area contributed by atoms with Crippen LogP contribution in [-0.2, 0) is 17.6 Å². The Bertz CT molecular complexity index is 1400. The number of ether oxygens (including phenoxy) is 1. The zero-order valence-electron chi connectivity index (χ0n) is 19.4. The van der Waals surface area contributed by atoms with Gasteiger partial charge in [-0.25, -0.2) is 4.79 Å². The molecule has 0 aliphatic rings. The van der Waals surface area contributed by atoms with Crippen molar-refractivity contribution in [1.82, 2.24) is 9.97 Å². The molecule has 0 spiro atoms. The van der Waals surface area contributed by atoms with Crippen molar-refractivity contribution in [1.29, 1.82) is 0 Å². The zero-order chi connectivity index (χ0) is 23.7. The molecule has 0 aliphatic carbocycles. The van der Waals surface area contributed by atoms with Gasteiger partial charge in [0.15, 0.2) is 6.61 Å². The van der Waals surface area contributed by atoms with E-state index < -0.39 is 5.97 Å². The molecule has 3 N–H and O–H groups in total. The molecule has 5 heteroatoms. The van der Waals surface area contributed by atoms with E-state index in [2.05, 4.69) is 78.7 Å². The van der Waals surface area contributed by atoms with Crippen molar-refractivity contribution in [2.75, 3.05) is 6.61 Å². The lowest BCUT2D eigenvalue weighted by atomic mass is 9.84. The molecule has 2 aromatic heterocycles. The van der Waals surface area contributed by atoms with E-state index in [-0.39, 0.29) is 12.5 Å². The third-order valence-corrected chi connectivity index (χ3v) is 6.61. The molecule has 34 heavy (non-hydrogen) atoms. The van der Waals surface area contributed by atoms with Crippen molar-refractivity contribution in [2.45, 2.75) is 32.6 Å². The average molecular weight is 453 g/mol. The molecule has 3 aromatic carbocycles. The second-order valence-corrected chi connectivity index (χ2v) is 8.56. The first-order chi connectivity index (χ1) is 16.6. The highest BCUT2D eigenvalue weighted by Crippen LogP contribution is 2.41. The number of rotatable bonds is 8. The number of carbonyl (C=O) groups is 1. The molecule has 0 atom stereocenters. The Labute approximate surface area is 198 Å². The molecular weight excluding hydrogens is 424 g/mol. The maximum atomic E-state index is 11.0. The minimum Gasteiger partial charge on any atom is -0.482 e. The summed E-state index contributed by atoms with van der Waals surface area (Å²) in [4.78, 5) is 18.1. The Morgan fingerprint density at radius 1 is 0.853 bits per heavy atom. The summed E-state index contributed by atoms with van der Waals surface area (Å²) in [5.74, 6) is -0.502. The molecule has 172 valence electrons. The number of hydrogen-bond acceptors (Lipinski definition) is 2. The predicted molar refractivity (Wildman–Crippen MR) is 136 cm³/mol. The number of H-pyrrole nitrogens is 2. The van der Waals surface area contributed by atoms with Crippen LogP contribution < -0.4 is 4.74 Å². The molecule has 0 radical (unpaired) electrons. The van der Waals surface area contributed by atoms with Crippen molar-refractivity contribution in [3.8, 4) is 5.75 Å². The summed E-state index contributed by atoms with van der Waals surface area (Å²) in [6, 6.07) is 20.7. The minimum absolute atomic E-state index is 0.0601. The smallest absolute Gasteiger partial charge is 0.341 e. The largest absolute Gasteiger partial charge is 0.482 e. The highest BCUT2D eigenvalue weighted by molar-refractivity contribution is 5.91. The van der Waals surface area contributed by atoms with Gasteiger partial charge in [0.25, 0.3) is 0 Å². The number of aryl methyl sites for hydroxylation is 2. The van der Waals surface area contributed by atoms with E-state index in [9.17, 15) is 4.79 Å². The lowest BCUT2D eigenvalue weighted by molar-refractivity contribution is -0.139. The highest BCUT2D eigenvalue weighted by atomic mass is 16.5. The Morgan fingerprint density at radius 2 is 1.41 bits per heavy atom. The van der Waals surface area contributed by atoms with E-state index in [1.807, 2.05) is 12.1 Å². The third kappa shape index (κ3) is 3.83. The van der Waals surface area contributed by atoms with Gasteiger partial charge in [0, 0.05) is 40.1 Å². The van der Waals surface area contributed by atoms with Crippen LogP contribution in [0.3, 0.4) is 0 Å². The highest BCUT2D eigenvalue weighted by Gasteiger charge is 2.24. The summed E-state index contributed by atoms with van der Waals surface area (Å²) in [5.41, 5.74) is 8.32.